The Morgan fingerprint density at radius 1 is 1.67 bits per heavy atom. The summed E-state index contributed by atoms with van der Waals surface area (Å²) in [5.74, 6) is 0.284. The number of anilines is 1. The molecule has 2 aromatic heterocycles. The Hall–Kier alpha value is -0.960. The normalized spacial score (nSPS) is 10.3. The van der Waals surface area contributed by atoms with E-state index in [0.717, 1.165) is 2.88 Å². The number of hydrogen-bond acceptors (Lipinski definition) is 4. The van der Waals surface area contributed by atoms with Crippen molar-refractivity contribution in [2.24, 2.45) is 7.05 Å². The fourth-order valence-electron chi connectivity index (χ4n) is 1.01. The zero-order chi connectivity index (χ0) is 10.8. The van der Waals surface area contributed by atoms with Gasteiger partial charge in [-0.2, -0.15) is 10.1 Å². The maximum atomic E-state index is 11.7. The van der Waals surface area contributed by atoms with E-state index in [9.17, 15) is 4.79 Å². The summed E-state index contributed by atoms with van der Waals surface area (Å²) in [5.41, 5.74) is 0.646. The van der Waals surface area contributed by atoms with Crippen LogP contribution in [0.4, 0.5) is 5.95 Å². The smallest absolute Gasteiger partial charge is 0.258 e. The number of carbonyl (C=O) groups excluding carboxylic acids is 1. The summed E-state index contributed by atoms with van der Waals surface area (Å²) in [6, 6.07) is 1.83. The van der Waals surface area contributed by atoms with Crippen molar-refractivity contribution < 1.29 is 4.79 Å². The van der Waals surface area contributed by atoms with E-state index in [1.165, 1.54) is 22.3 Å². The lowest BCUT2D eigenvalue weighted by Crippen LogP contribution is -2.14. The van der Waals surface area contributed by atoms with Crippen molar-refractivity contribution in [2.45, 2.75) is 0 Å². The van der Waals surface area contributed by atoms with Crippen molar-refractivity contribution >= 4 is 45.8 Å². The van der Waals surface area contributed by atoms with Gasteiger partial charge in [-0.1, -0.05) is 0 Å². The number of aromatic nitrogens is 3. The third kappa shape index (κ3) is 2.34. The molecule has 0 aliphatic rings. The van der Waals surface area contributed by atoms with E-state index in [4.69, 9.17) is 0 Å². The van der Waals surface area contributed by atoms with Crippen molar-refractivity contribution in [1.82, 2.24) is 14.8 Å². The minimum Gasteiger partial charge on any atom is -0.291 e. The van der Waals surface area contributed by atoms with Gasteiger partial charge < -0.3 is 0 Å². The van der Waals surface area contributed by atoms with Crippen LogP contribution in [0.3, 0.4) is 0 Å². The second-order valence-electron chi connectivity index (χ2n) is 2.80. The molecule has 0 bridgehead atoms. The van der Waals surface area contributed by atoms with Gasteiger partial charge >= 0.3 is 0 Å². The highest BCUT2D eigenvalue weighted by Crippen LogP contribution is 2.17. The van der Waals surface area contributed by atoms with Crippen LogP contribution >= 0.6 is 33.9 Å². The highest BCUT2D eigenvalue weighted by atomic mass is 127. The van der Waals surface area contributed by atoms with E-state index < -0.39 is 0 Å². The molecule has 0 aromatic carbocycles. The maximum Gasteiger partial charge on any atom is 0.258 e. The van der Waals surface area contributed by atoms with Gasteiger partial charge in [0.15, 0.2) is 0 Å². The molecule has 15 heavy (non-hydrogen) atoms. The van der Waals surface area contributed by atoms with Crippen molar-refractivity contribution in [3.63, 3.8) is 0 Å². The van der Waals surface area contributed by atoms with E-state index in [1.54, 1.807) is 7.05 Å². The first-order chi connectivity index (χ1) is 7.16. The van der Waals surface area contributed by atoms with Gasteiger partial charge in [0.25, 0.3) is 5.91 Å². The number of aryl methyl sites for hydroxylation is 1. The van der Waals surface area contributed by atoms with Gasteiger partial charge in [-0.25, -0.2) is 4.68 Å². The third-order valence-corrected chi connectivity index (χ3v) is 3.56. The fraction of sp³-hybridized carbons (Fsp3) is 0.125. The Kier molecular flexibility index (Phi) is 3.00. The number of halogens is 1. The number of carbonyl (C=O) groups is 1. The molecule has 0 aliphatic heterocycles. The van der Waals surface area contributed by atoms with Crippen LogP contribution in [0.25, 0.3) is 0 Å². The molecule has 7 heteroatoms. The van der Waals surface area contributed by atoms with Gasteiger partial charge in [-0.3, -0.25) is 10.1 Å². The van der Waals surface area contributed by atoms with E-state index >= 15 is 0 Å². The molecular formula is C8H7IN4OS. The molecule has 0 aliphatic carbocycles. The van der Waals surface area contributed by atoms with Crippen LogP contribution in [-0.2, 0) is 7.05 Å². The molecule has 1 N–H and O–H groups in total. The van der Waals surface area contributed by atoms with Crippen LogP contribution in [0.1, 0.15) is 10.4 Å². The predicted octanol–water partition coefficient (Wildman–Crippen LogP) is 1.73. The Labute approximate surface area is 104 Å². The standard InChI is InChI=1S/C8H7IN4OS/c1-13-8(10-4-11-13)12-7(14)5-2-6(9)15-3-5/h2-4H,1H3,(H,10,11,12,14). The Balaban J connectivity index is 2.14. The van der Waals surface area contributed by atoms with Gasteiger partial charge in [0, 0.05) is 12.4 Å². The molecule has 2 aromatic rings. The number of amides is 1. The molecule has 78 valence electrons. The number of nitrogens with one attached hydrogen (secondary N) is 1. The molecule has 0 radical (unpaired) electrons. The molecule has 0 saturated carbocycles. The summed E-state index contributed by atoms with van der Waals surface area (Å²) in [6.45, 7) is 0. The molecule has 0 atom stereocenters. The Bertz CT molecular complexity index is 492. The van der Waals surface area contributed by atoms with Gasteiger partial charge in [0.1, 0.15) is 6.33 Å². The lowest BCUT2D eigenvalue weighted by molar-refractivity contribution is 0.102. The maximum absolute atomic E-state index is 11.7. The summed E-state index contributed by atoms with van der Waals surface area (Å²) >= 11 is 3.71. The van der Waals surface area contributed by atoms with Crippen LogP contribution in [0.2, 0.25) is 0 Å². The first kappa shape index (κ1) is 10.6. The van der Waals surface area contributed by atoms with E-state index in [1.807, 2.05) is 11.4 Å². The summed E-state index contributed by atoms with van der Waals surface area (Å²) < 4.78 is 2.59. The number of rotatable bonds is 2. The lowest BCUT2D eigenvalue weighted by Gasteiger charge is -2.00. The molecule has 2 heterocycles. The molecule has 2 rings (SSSR count). The minimum absolute atomic E-state index is 0.162. The number of hydrogen-bond donors (Lipinski definition) is 1. The quantitative estimate of drug-likeness (QED) is 0.851. The summed E-state index contributed by atoms with van der Waals surface area (Å²) in [4.78, 5) is 15.6. The monoisotopic (exact) mass is 334 g/mol. The van der Waals surface area contributed by atoms with Crippen LogP contribution in [-0.4, -0.2) is 20.7 Å². The zero-order valence-corrected chi connectivity index (χ0v) is 10.7. The highest BCUT2D eigenvalue weighted by molar-refractivity contribution is 14.1. The largest absolute Gasteiger partial charge is 0.291 e. The van der Waals surface area contributed by atoms with Crippen molar-refractivity contribution in [3.05, 3.63) is 26.2 Å². The topological polar surface area (TPSA) is 59.8 Å². The summed E-state index contributed by atoms with van der Waals surface area (Å²) in [5, 5.41) is 8.35. The van der Waals surface area contributed by atoms with Gasteiger partial charge in [-0.15, -0.1) is 11.3 Å². The zero-order valence-electron chi connectivity index (χ0n) is 7.77. The molecule has 1 amide bonds. The molecule has 0 unspecified atom stereocenters. The number of nitrogens with zero attached hydrogens (tertiary/aromatic N) is 3. The number of thiophene rings is 1. The van der Waals surface area contributed by atoms with Crippen molar-refractivity contribution in [2.75, 3.05) is 5.32 Å². The average molecular weight is 334 g/mol. The van der Waals surface area contributed by atoms with Crippen molar-refractivity contribution in [1.29, 1.82) is 0 Å². The lowest BCUT2D eigenvalue weighted by atomic mass is 10.3. The fourth-order valence-corrected chi connectivity index (χ4v) is 2.34. The predicted molar refractivity (Wildman–Crippen MR) is 66.0 cm³/mol. The van der Waals surface area contributed by atoms with Crippen LogP contribution in [0.5, 0.6) is 0 Å². The first-order valence-electron chi connectivity index (χ1n) is 4.06. The van der Waals surface area contributed by atoms with Gasteiger partial charge in [0.05, 0.1) is 8.45 Å². The SMILES string of the molecule is Cn1ncnc1NC(=O)c1csc(I)c1. The van der Waals surface area contributed by atoms with E-state index in [-0.39, 0.29) is 5.91 Å². The van der Waals surface area contributed by atoms with E-state index in [0.29, 0.717) is 11.5 Å². The minimum atomic E-state index is -0.162. The van der Waals surface area contributed by atoms with Crippen LogP contribution in [0.15, 0.2) is 17.8 Å². The molecule has 5 nitrogen and oxygen atoms in total. The first-order valence-corrected chi connectivity index (χ1v) is 6.02. The second kappa shape index (κ2) is 4.27. The van der Waals surface area contributed by atoms with Gasteiger partial charge in [0.2, 0.25) is 5.95 Å². The average Bonchev–Trinajstić information content (AvgIpc) is 2.77. The summed E-state index contributed by atoms with van der Waals surface area (Å²) in [6.07, 6.45) is 1.40. The van der Waals surface area contributed by atoms with Crippen molar-refractivity contribution in [3.8, 4) is 0 Å². The third-order valence-electron chi connectivity index (χ3n) is 1.77. The Morgan fingerprint density at radius 3 is 3.00 bits per heavy atom. The molecule has 0 saturated heterocycles. The summed E-state index contributed by atoms with van der Waals surface area (Å²) in [7, 11) is 1.72. The van der Waals surface area contributed by atoms with Crippen LogP contribution < -0.4 is 5.32 Å². The van der Waals surface area contributed by atoms with Crippen LogP contribution in [0, 0.1) is 2.88 Å². The van der Waals surface area contributed by atoms with Gasteiger partial charge in [-0.05, 0) is 28.7 Å². The second-order valence-corrected chi connectivity index (χ2v) is 5.61. The molecule has 0 fully saturated rings. The molecular weight excluding hydrogens is 327 g/mol. The van der Waals surface area contributed by atoms with E-state index in [2.05, 4.69) is 38.0 Å². The Morgan fingerprint density at radius 2 is 2.47 bits per heavy atom. The molecule has 0 spiro atoms. The highest BCUT2D eigenvalue weighted by Gasteiger charge is 2.10.